The first-order valence-corrected chi connectivity index (χ1v) is 13.4. The average Bonchev–Trinajstić information content (AvgIpc) is 3.47. The summed E-state index contributed by atoms with van der Waals surface area (Å²) >= 11 is 0. The van der Waals surface area contributed by atoms with Crippen molar-refractivity contribution < 1.29 is 0 Å². The zero-order valence-electron chi connectivity index (χ0n) is 22.2. The third-order valence-electron chi connectivity index (χ3n) is 8.07. The SMILES string of the molecule is Cc1ccc(-c2cccc3c2C(Nc2ccc(C4=CCNCC4)c(C)n2)CC3)cc1-n1ncc(C)c1C. The van der Waals surface area contributed by atoms with Crippen molar-refractivity contribution in [3.63, 3.8) is 0 Å². The van der Waals surface area contributed by atoms with Crippen LogP contribution in [0.4, 0.5) is 5.82 Å². The largest absolute Gasteiger partial charge is 0.363 e. The van der Waals surface area contributed by atoms with Crippen molar-refractivity contribution in [1.29, 1.82) is 0 Å². The molecule has 0 bridgehead atoms. The van der Waals surface area contributed by atoms with E-state index < -0.39 is 0 Å². The Hall–Kier alpha value is -3.70. The van der Waals surface area contributed by atoms with Crippen LogP contribution in [-0.2, 0) is 6.42 Å². The lowest BCUT2D eigenvalue weighted by molar-refractivity contribution is 0.737. The highest BCUT2D eigenvalue weighted by Crippen LogP contribution is 2.41. The second kappa shape index (κ2) is 9.64. The molecular weight excluding hydrogens is 454 g/mol. The van der Waals surface area contributed by atoms with E-state index in [9.17, 15) is 0 Å². The summed E-state index contributed by atoms with van der Waals surface area (Å²) in [5, 5.41) is 11.8. The lowest BCUT2D eigenvalue weighted by Gasteiger charge is -2.21. The second-order valence-corrected chi connectivity index (χ2v) is 10.5. The van der Waals surface area contributed by atoms with Gasteiger partial charge in [-0.15, -0.1) is 0 Å². The smallest absolute Gasteiger partial charge is 0.126 e. The molecule has 2 aromatic heterocycles. The minimum atomic E-state index is 0.237. The summed E-state index contributed by atoms with van der Waals surface area (Å²) in [6.07, 6.45) is 7.45. The maximum Gasteiger partial charge on any atom is 0.126 e. The molecule has 1 unspecified atom stereocenters. The molecule has 1 aliphatic heterocycles. The number of nitrogens with one attached hydrogen (secondary N) is 2. The summed E-state index contributed by atoms with van der Waals surface area (Å²) in [6.45, 7) is 10.5. The van der Waals surface area contributed by atoms with Crippen LogP contribution in [0.3, 0.4) is 0 Å². The molecule has 5 nitrogen and oxygen atoms in total. The fourth-order valence-electron chi connectivity index (χ4n) is 5.85. The van der Waals surface area contributed by atoms with Gasteiger partial charge in [-0.3, -0.25) is 0 Å². The van der Waals surface area contributed by atoms with Gasteiger partial charge in [-0.05, 0) is 116 Å². The molecule has 2 aromatic carbocycles. The van der Waals surface area contributed by atoms with Crippen molar-refractivity contribution in [2.24, 2.45) is 0 Å². The van der Waals surface area contributed by atoms with Crippen LogP contribution in [0.1, 0.15) is 58.1 Å². The van der Waals surface area contributed by atoms with Crippen molar-refractivity contribution in [3.8, 4) is 16.8 Å². The monoisotopic (exact) mass is 489 g/mol. The molecule has 0 saturated heterocycles. The van der Waals surface area contributed by atoms with Gasteiger partial charge in [0.2, 0.25) is 0 Å². The zero-order chi connectivity index (χ0) is 25.5. The summed E-state index contributed by atoms with van der Waals surface area (Å²) in [5.41, 5.74) is 13.9. The molecule has 0 spiro atoms. The van der Waals surface area contributed by atoms with Crippen molar-refractivity contribution in [1.82, 2.24) is 20.1 Å². The Bertz CT molecular complexity index is 1510. The lowest BCUT2D eigenvalue weighted by Crippen LogP contribution is -2.20. The van der Waals surface area contributed by atoms with E-state index in [4.69, 9.17) is 4.98 Å². The number of pyridine rings is 1. The molecule has 1 atom stereocenters. The fourth-order valence-corrected chi connectivity index (χ4v) is 5.85. The number of fused-ring (bicyclic) bond motifs is 1. The summed E-state index contributed by atoms with van der Waals surface area (Å²) in [6, 6.07) is 18.1. The van der Waals surface area contributed by atoms with E-state index in [1.54, 1.807) is 0 Å². The van der Waals surface area contributed by atoms with Crippen molar-refractivity contribution in [2.75, 3.05) is 18.4 Å². The molecule has 0 amide bonds. The number of aromatic nitrogens is 3. The van der Waals surface area contributed by atoms with Crippen molar-refractivity contribution >= 4 is 11.4 Å². The highest BCUT2D eigenvalue weighted by molar-refractivity contribution is 5.74. The molecule has 0 radical (unpaired) electrons. The number of hydrogen-bond donors (Lipinski definition) is 2. The third-order valence-corrected chi connectivity index (χ3v) is 8.07. The number of rotatable bonds is 5. The number of aryl methyl sites for hydroxylation is 4. The molecule has 4 aromatic rings. The van der Waals surface area contributed by atoms with E-state index in [1.807, 2.05) is 6.20 Å². The minimum Gasteiger partial charge on any atom is -0.363 e. The molecule has 37 heavy (non-hydrogen) atoms. The first-order valence-electron chi connectivity index (χ1n) is 13.4. The molecule has 1 aliphatic carbocycles. The van der Waals surface area contributed by atoms with Crippen LogP contribution in [0.25, 0.3) is 22.4 Å². The highest BCUT2D eigenvalue weighted by atomic mass is 15.3. The predicted octanol–water partition coefficient (Wildman–Crippen LogP) is 6.64. The van der Waals surface area contributed by atoms with Gasteiger partial charge in [-0.25, -0.2) is 9.67 Å². The number of hydrogen-bond acceptors (Lipinski definition) is 4. The van der Waals surface area contributed by atoms with Gasteiger partial charge in [0, 0.05) is 17.9 Å². The van der Waals surface area contributed by atoms with Gasteiger partial charge in [-0.2, -0.15) is 5.10 Å². The molecule has 188 valence electrons. The van der Waals surface area contributed by atoms with Crippen LogP contribution in [0.2, 0.25) is 0 Å². The van der Waals surface area contributed by atoms with Gasteiger partial charge in [0.1, 0.15) is 5.82 Å². The summed E-state index contributed by atoms with van der Waals surface area (Å²) in [4.78, 5) is 4.98. The quantitative estimate of drug-likeness (QED) is 0.330. The van der Waals surface area contributed by atoms with Gasteiger partial charge < -0.3 is 10.6 Å². The predicted molar refractivity (Wildman–Crippen MR) is 152 cm³/mol. The van der Waals surface area contributed by atoms with E-state index in [2.05, 4.69) is 103 Å². The minimum absolute atomic E-state index is 0.237. The molecule has 2 N–H and O–H groups in total. The maximum absolute atomic E-state index is 4.98. The van der Waals surface area contributed by atoms with Crippen LogP contribution in [0.5, 0.6) is 0 Å². The van der Waals surface area contributed by atoms with E-state index in [0.29, 0.717) is 0 Å². The molecule has 6 rings (SSSR count). The maximum atomic E-state index is 4.98. The summed E-state index contributed by atoms with van der Waals surface area (Å²) in [5.74, 6) is 0.954. The first-order chi connectivity index (χ1) is 18.0. The Kier molecular flexibility index (Phi) is 6.17. The number of nitrogens with zero attached hydrogens (tertiary/aromatic N) is 3. The molecule has 0 fully saturated rings. The number of anilines is 1. The van der Waals surface area contributed by atoms with Crippen LogP contribution in [-0.4, -0.2) is 27.9 Å². The first kappa shape index (κ1) is 23.7. The normalized spacial score (nSPS) is 17.0. The number of benzene rings is 2. The Morgan fingerprint density at radius 3 is 2.59 bits per heavy atom. The Morgan fingerprint density at radius 2 is 1.84 bits per heavy atom. The van der Waals surface area contributed by atoms with Crippen LogP contribution in [0, 0.1) is 27.7 Å². The molecule has 3 heterocycles. The average molecular weight is 490 g/mol. The zero-order valence-corrected chi connectivity index (χ0v) is 22.2. The van der Waals surface area contributed by atoms with Gasteiger partial charge in [-0.1, -0.05) is 36.4 Å². The standard InChI is InChI=1S/C32H35N5/c1-20-8-9-26(18-30(20)37-23(4)21(2)19-34-37)28-7-5-6-25-10-12-29(32(25)28)36-31-13-11-27(22(3)35-31)24-14-16-33-17-15-24/h5-9,11,13-14,18-19,29,33H,10,12,15-17H2,1-4H3,(H,35,36). The van der Waals surface area contributed by atoms with Crippen molar-refractivity contribution in [2.45, 2.75) is 53.0 Å². The third kappa shape index (κ3) is 4.38. The molecule has 0 saturated carbocycles. The Labute approximate surface area is 219 Å². The van der Waals surface area contributed by atoms with E-state index in [0.717, 1.165) is 49.6 Å². The van der Waals surface area contributed by atoms with Gasteiger partial charge >= 0.3 is 0 Å². The van der Waals surface area contributed by atoms with Gasteiger partial charge in [0.15, 0.2) is 0 Å². The fraction of sp³-hybridized carbons (Fsp3) is 0.312. The van der Waals surface area contributed by atoms with E-state index >= 15 is 0 Å². The van der Waals surface area contributed by atoms with Gasteiger partial charge in [0.05, 0.1) is 17.9 Å². The van der Waals surface area contributed by atoms with Crippen LogP contribution in [0.15, 0.2) is 60.8 Å². The van der Waals surface area contributed by atoms with Gasteiger partial charge in [0.25, 0.3) is 0 Å². The van der Waals surface area contributed by atoms with Crippen LogP contribution >= 0.6 is 0 Å². The van der Waals surface area contributed by atoms with Crippen molar-refractivity contribution in [3.05, 3.63) is 100 Å². The lowest BCUT2D eigenvalue weighted by atomic mass is 9.93. The Morgan fingerprint density at radius 1 is 0.946 bits per heavy atom. The molecule has 2 aliphatic rings. The van der Waals surface area contributed by atoms with Crippen LogP contribution < -0.4 is 10.6 Å². The topological polar surface area (TPSA) is 54.8 Å². The van der Waals surface area contributed by atoms with E-state index in [-0.39, 0.29) is 6.04 Å². The highest BCUT2D eigenvalue weighted by Gasteiger charge is 2.26. The molecular formula is C32H35N5. The second-order valence-electron chi connectivity index (χ2n) is 10.5. The molecule has 5 heteroatoms. The summed E-state index contributed by atoms with van der Waals surface area (Å²) < 4.78 is 2.07. The summed E-state index contributed by atoms with van der Waals surface area (Å²) in [7, 11) is 0. The van der Waals surface area contributed by atoms with E-state index in [1.165, 1.54) is 50.2 Å². The Balaban J connectivity index is 1.33.